The highest BCUT2D eigenvalue weighted by Crippen LogP contribution is 2.34. The standard InChI is InChI=1S/C17H13F3N2O3S/c1-26(23,24)13-5-6-14(16(10-13)25-17(19)20)15-7-8-21-22(15)12-4-2-3-11(18)9-12/h2-10,17H,1H3. The summed E-state index contributed by atoms with van der Waals surface area (Å²) in [7, 11) is -3.61. The molecule has 0 fully saturated rings. The third kappa shape index (κ3) is 3.72. The molecule has 0 bridgehead atoms. The van der Waals surface area contributed by atoms with Gasteiger partial charge < -0.3 is 4.74 Å². The van der Waals surface area contributed by atoms with Crippen molar-refractivity contribution in [2.75, 3.05) is 6.26 Å². The Morgan fingerprint density at radius 2 is 1.88 bits per heavy atom. The van der Waals surface area contributed by atoms with Crippen LogP contribution in [-0.4, -0.2) is 31.1 Å². The smallest absolute Gasteiger partial charge is 0.387 e. The van der Waals surface area contributed by atoms with Gasteiger partial charge in [0, 0.05) is 11.8 Å². The van der Waals surface area contributed by atoms with E-state index in [1.807, 2.05) is 0 Å². The molecular formula is C17H13F3N2O3S. The monoisotopic (exact) mass is 382 g/mol. The van der Waals surface area contributed by atoms with Crippen molar-refractivity contribution >= 4 is 9.84 Å². The Hall–Kier alpha value is -2.81. The molecule has 0 amide bonds. The zero-order chi connectivity index (χ0) is 18.9. The predicted octanol–water partition coefficient (Wildman–Crippen LogP) is 3.68. The van der Waals surface area contributed by atoms with Gasteiger partial charge in [0.05, 0.1) is 22.5 Å². The van der Waals surface area contributed by atoms with E-state index >= 15 is 0 Å². The summed E-state index contributed by atoms with van der Waals surface area (Å²) in [6, 6.07) is 10.8. The first-order valence-electron chi connectivity index (χ1n) is 7.35. The van der Waals surface area contributed by atoms with Gasteiger partial charge in [-0.05, 0) is 42.5 Å². The fourth-order valence-electron chi connectivity index (χ4n) is 2.46. The summed E-state index contributed by atoms with van der Waals surface area (Å²) in [6.45, 7) is -3.14. The third-order valence-corrected chi connectivity index (χ3v) is 4.68. The highest BCUT2D eigenvalue weighted by Gasteiger charge is 2.19. The van der Waals surface area contributed by atoms with Gasteiger partial charge in [0.1, 0.15) is 11.6 Å². The maximum Gasteiger partial charge on any atom is 0.387 e. The molecule has 0 saturated heterocycles. The van der Waals surface area contributed by atoms with Crippen LogP contribution in [0.25, 0.3) is 16.9 Å². The molecule has 0 aliphatic rings. The van der Waals surface area contributed by atoms with Crippen molar-refractivity contribution in [3.05, 3.63) is 60.5 Å². The molecule has 136 valence electrons. The van der Waals surface area contributed by atoms with E-state index < -0.39 is 22.3 Å². The van der Waals surface area contributed by atoms with Crippen LogP contribution < -0.4 is 4.74 Å². The molecule has 9 heteroatoms. The highest BCUT2D eigenvalue weighted by molar-refractivity contribution is 7.90. The fourth-order valence-corrected chi connectivity index (χ4v) is 3.10. The number of benzene rings is 2. The van der Waals surface area contributed by atoms with Gasteiger partial charge in [-0.15, -0.1) is 0 Å². The van der Waals surface area contributed by atoms with Crippen LogP contribution in [0.5, 0.6) is 5.75 Å². The number of aromatic nitrogens is 2. The number of nitrogens with zero attached hydrogens (tertiary/aromatic N) is 2. The Kier molecular flexibility index (Phi) is 4.73. The van der Waals surface area contributed by atoms with Crippen molar-refractivity contribution in [1.29, 1.82) is 0 Å². The first-order valence-corrected chi connectivity index (χ1v) is 9.24. The zero-order valence-electron chi connectivity index (χ0n) is 13.4. The number of hydrogen-bond acceptors (Lipinski definition) is 4. The number of hydrogen-bond donors (Lipinski definition) is 0. The molecule has 3 rings (SSSR count). The molecule has 5 nitrogen and oxygen atoms in total. The van der Waals surface area contributed by atoms with Gasteiger partial charge in [-0.25, -0.2) is 17.5 Å². The lowest BCUT2D eigenvalue weighted by molar-refractivity contribution is -0.0496. The Morgan fingerprint density at radius 3 is 2.54 bits per heavy atom. The Balaban J connectivity index is 2.17. The van der Waals surface area contributed by atoms with Gasteiger partial charge in [-0.1, -0.05) is 6.07 Å². The van der Waals surface area contributed by atoms with Crippen molar-refractivity contribution in [2.45, 2.75) is 11.5 Å². The van der Waals surface area contributed by atoms with Gasteiger partial charge in [0.15, 0.2) is 9.84 Å². The summed E-state index contributed by atoms with van der Waals surface area (Å²) in [6.07, 6.45) is 2.38. The van der Waals surface area contributed by atoms with E-state index in [2.05, 4.69) is 9.84 Å². The van der Waals surface area contributed by atoms with Crippen LogP contribution in [0, 0.1) is 5.82 Å². The van der Waals surface area contributed by atoms with E-state index in [0.717, 1.165) is 12.3 Å². The summed E-state index contributed by atoms with van der Waals surface area (Å²) in [5.74, 6) is -0.804. The van der Waals surface area contributed by atoms with E-state index in [-0.39, 0.29) is 16.2 Å². The molecule has 0 atom stereocenters. The van der Waals surface area contributed by atoms with Crippen LogP contribution in [0.4, 0.5) is 13.2 Å². The van der Waals surface area contributed by atoms with Crippen LogP contribution in [0.1, 0.15) is 0 Å². The van der Waals surface area contributed by atoms with Crippen LogP contribution in [0.2, 0.25) is 0 Å². The largest absolute Gasteiger partial charge is 0.434 e. The third-order valence-electron chi connectivity index (χ3n) is 3.57. The van der Waals surface area contributed by atoms with E-state index in [0.29, 0.717) is 11.4 Å². The van der Waals surface area contributed by atoms with Gasteiger partial charge in [0.2, 0.25) is 0 Å². The lowest BCUT2D eigenvalue weighted by atomic mass is 10.1. The second-order valence-corrected chi connectivity index (χ2v) is 7.43. The molecule has 0 spiro atoms. The maximum absolute atomic E-state index is 13.5. The predicted molar refractivity (Wildman–Crippen MR) is 88.7 cm³/mol. The van der Waals surface area contributed by atoms with Gasteiger partial charge >= 0.3 is 6.61 Å². The minimum Gasteiger partial charge on any atom is -0.434 e. The van der Waals surface area contributed by atoms with E-state index in [9.17, 15) is 21.6 Å². The summed E-state index contributed by atoms with van der Waals surface area (Å²) in [4.78, 5) is -0.159. The molecular weight excluding hydrogens is 369 g/mol. The zero-order valence-corrected chi connectivity index (χ0v) is 14.3. The number of sulfone groups is 1. The van der Waals surface area contributed by atoms with Gasteiger partial charge in [-0.3, -0.25) is 0 Å². The SMILES string of the molecule is CS(=O)(=O)c1ccc(-c2ccnn2-c2cccc(F)c2)c(OC(F)F)c1. The minimum atomic E-state index is -3.61. The van der Waals surface area contributed by atoms with Crippen LogP contribution in [-0.2, 0) is 9.84 Å². The molecule has 0 aliphatic carbocycles. The summed E-state index contributed by atoms with van der Waals surface area (Å²) >= 11 is 0. The lowest BCUT2D eigenvalue weighted by Crippen LogP contribution is -2.07. The van der Waals surface area contributed by atoms with E-state index in [4.69, 9.17) is 0 Å². The van der Waals surface area contributed by atoms with E-state index in [1.54, 1.807) is 6.07 Å². The van der Waals surface area contributed by atoms with Gasteiger partial charge in [-0.2, -0.15) is 13.9 Å². The summed E-state index contributed by atoms with van der Waals surface area (Å²) in [5.41, 5.74) is 0.908. The van der Waals surface area contributed by atoms with Crippen molar-refractivity contribution in [2.24, 2.45) is 0 Å². The average Bonchev–Trinajstić information content (AvgIpc) is 3.02. The average molecular weight is 382 g/mol. The Morgan fingerprint density at radius 1 is 1.12 bits per heavy atom. The van der Waals surface area contributed by atoms with Crippen molar-refractivity contribution in [3.63, 3.8) is 0 Å². The van der Waals surface area contributed by atoms with Gasteiger partial charge in [0.25, 0.3) is 0 Å². The molecule has 0 saturated carbocycles. The molecule has 2 aromatic carbocycles. The molecule has 26 heavy (non-hydrogen) atoms. The van der Waals surface area contributed by atoms with Crippen LogP contribution >= 0.6 is 0 Å². The normalized spacial score (nSPS) is 11.7. The number of halogens is 3. The number of alkyl halides is 2. The van der Waals surface area contributed by atoms with Crippen molar-refractivity contribution < 1.29 is 26.3 Å². The molecule has 1 aromatic heterocycles. The molecule has 1 heterocycles. The Labute approximate surface area is 147 Å². The molecule has 0 radical (unpaired) electrons. The quantitative estimate of drug-likeness (QED) is 0.675. The number of rotatable bonds is 5. The fraction of sp³-hybridized carbons (Fsp3) is 0.118. The van der Waals surface area contributed by atoms with Crippen molar-refractivity contribution in [1.82, 2.24) is 9.78 Å². The van der Waals surface area contributed by atoms with Crippen LogP contribution in [0.3, 0.4) is 0 Å². The second kappa shape index (κ2) is 6.83. The first-order chi connectivity index (χ1) is 12.3. The molecule has 0 N–H and O–H groups in total. The summed E-state index contributed by atoms with van der Waals surface area (Å²) < 4.78 is 68.3. The minimum absolute atomic E-state index is 0.159. The maximum atomic E-state index is 13.5. The molecule has 3 aromatic rings. The van der Waals surface area contributed by atoms with Crippen LogP contribution in [0.15, 0.2) is 59.6 Å². The lowest BCUT2D eigenvalue weighted by Gasteiger charge is -2.14. The van der Waals surface area contributed by atoms with E-state index in [1.165, 1.54) is 47.3 Å². The Bertz CT molecular complexity index is 1050. The molecule has 0 aliphatic heterocycles. The first kappa shape index (κ1) is 18.0. The molecule has 0 unspecified atom stereocenters. The topological polar surface area (TPSA) is 61.2 Å². The summed E-state index contributed by atoms with van der Waals surface area (Å²) in [5, 5.41) is 4.08. The highest BCUT2D eigenvalue weighted by atomic mass is 32.2. The number of ether oxygens (including phenoxy) is 1. The second-order valence-electron chi connectivity index (χ2n) is 5.42. The van der Waals surface area contributed by atoms with Crippen molar-refractivity contribution in [3.8, 4) is 22.7 Å².